The summed E-state index contributed by atoms with van der Waals surface area (Å²) in [6.07, 6.45) is 0.540. The van der Waals surface area contributed by atoms with E-state index in [1.54, 1.807) is 28.4 Å². The smallest absolute Gasteiger partial charge is 0.240 e. The first-order chi connectivity index (χ1) is 13.5. The first kappa shape index (κ1) is 19.5. The lowest BCUT2D eigenvalue weighted by atomic mass is 9.97. The van der Waals surface area contributed by atoms with Crippen LogP contribution in [-0.2, 0) is 4.79 Å². The number of benzene rings is 2. The van der Waals surface area contributed by atoms with Gasteiger partial charge >= 0.3 is 0 Å². The van der Waals surface area contributed by atoms with E-state index in [0.29, 0.717) is 29.4 Å². The number of carbonyl (C=O) groups is 1. The third-order valence-corrected chi connectivity index (χ3v) is 4.74. The number of ether oxygens (including phenoxy) is 4. The highest BCUT2D eigenvalue weighted by atomic mass is 16.5. The minimum absolute atomic E-state index is 0.148. The maximum absolute atomic E-state index is 12.3. The van der Waals surface area contributed by atoms with E-state index in [-0.39, 0.29) is 11.9 Å². The molecule has 0 saturated heterocycles. The number of hydrogen-bond donors (Lipinski definition) is 0. The number of methoxy groups -OCH3 is 4. The summed E-state index contributed by atoms with van der Waals surface area (Å²) in [5, 5.41) is 6.07. The second kappa shape index (κ2) is 8.21. The van der Waals surface area contributed by atoms with Gasteiger partial charge in [-0.15, -0.1) is 0 Å². The Morgan fingerprint density at radius 1 is 0.964 bits per heavy atom. The molecule has 0 bridgehead atoms. The molecule has 1 heterocycles. The normalized spacial score (nSPS) is 15.8. The quantitative estimate of drug-likeness (QED) is 0.763. The summed E-state index contributed by atoms with van der Waals surface area (Å²) in [4.78, 5) is 12.3. The molecule has 0 spiro atoms. The Kier molecular flexibility index (Phi) is 5.73. The Bertz CT molecular complexity index is 910. The Morgan fingerprint density at radius 3 is 2.29 bits per heavy atom. The van der Waals surface area contributed by atoms with Crippen LogP contribution in [0.5, 0.6) is 23.0 Å². The first-order valence-electron chi connectivity index (χ1n) is 8.84. The van der Waals surface area contributed by atoms with Gasteiger partial charge in [-0.1, -0.05) is 12.1 Å². The Morgan fingerprint density at radius 2 is 1.68 bits per heavy atom. The molecule has 1 amide bonds. The number of carbonyl (C=O) groups excluding carboxylic acids is 1. The zero-order chi connectivity index (χ0) is 20.3. The number of hydrazone groups is 1. The molecule has 2 aromatic rings. The molecule has 7 nitrogen and oxygen atoms in total. The predicted octanol–water partition coefficient (Wildman–Crippen LogP) is 3.42. The first-order valence-corrected chi connectivity index (χ1v) is 8.84. The highest BCUT2D eigenvalue weighted by Gasteiger charge is 2.34. The summed E-state index contributed by atoms with van der Waals surface area (Å²) < 4.78 is 21.7. The molecule has 0 aromatic heterocycles. The Labute approximate surface area is 164 Å². The van der Waals surface area contributed by atoms with Crippen molar-refractivity contribution in [1.82, 2.24) is 5.01 Å². The van der Waals surface area contributed by atoms with Gasteiger partial charge in [0.15, 0.2) is 23.0 Å². The number of nitrogens with zero attached hydrogens (tertiary/aromatic N) is 2. The van der Waals surface area contributed by atoms with Gasteiger partial charge in [-0.3, -0.25) is 4.79 Å². The Hall–Kier alpha value is -3.22. The lowest BCUT2D eigenvalue weighted by Crippen LogP contribution is -2.24. The van der Waals surface area contributed by atoms with Gasteiger partial charge in [-0.05, 0) is 24.3 Å². The molecule has 148 valence electrons. The van der Waals surface area contributed by atoms with Gasteiger partial charge in [0.25, 0.3) is 0 Å². The van der Waals surface area contributed by atoms with Crippen LogP contribution in [-0.4, -0.2) is 45.1 Å². The molecule has 1 aliphatic heterocycles. The van der Waals surface area contributed by atoms with E-state index in [1.165, 1.54) is 11.9 Å². The van der Waals surface area contributed by atoms with Crippen LogP contribution >= 0.6 is 0 Å². The average molecular weight is 384 g/mol. The SMILES string of the molecule is COc1ccc(C2=NN(C(C)=O)C(c3cccc(OC)c3OC)C2)cc1OC. The molecule has 0 radical (unpaired) electrons. The van der Waals surface area contributed by atoms with Crippen LogP contribution in [0.2, 0.25) is 0 Å². The van der Waals surface area contributed by atoms with Crippen molar-refractivity contribution in [3.05, 3.63) is 47.5 Å². The van der Waals surface area contributed by atoms with Crippen molar-refractivity contribution in [2.75, 3.05) is 28.4 Å². The maximum atomic E-state index is 12.3. The molecule has 0 fully saturated rings. The molecule has 0 N–H and O–H groups in total. The number of rotatable bonds is 6. The van der Waals surface area contributed by atoms with Crippen LogP contribution in [0.1, 0.15) is 30.5 Å². The summed E-state index contributed by atoms with van der Waals surface area (Å²) in [5.74, 6) is 2.32. The third kappa shape index (κ3) is 3.47. The monoisotopic (exact) mass is 384 g/mol. The molecule has 3 rings (SSSR count). The van der Waals surface area contributed by atoms with Crippen molar-refractivity contribution in [2.45, 2.75) is 19.4 Å². The van der Waals surface area contributed by atoms with Gasteiger partial charge in [-0.2, -0.15) is 5.10 Å². The van der Waals surface area contributed by atoms with E-state index in [9.17, 15) is 4.79 Å². The summed E-state index contributed by atoms with van der Waals surface area (Å²) in [7, 11) is 6.35. The molecule has 28 heavy (non-hydrogen) atoms. The van der Waals surface area contributed by atoms with Gasteiger partial charge < -0.3 is 18.9 Å². The van der Waals surface area contributed by atoms with Crippen molar-refractivity contribution >= 4 is 11.6 Å². The minimum atomic E-state index is -0.286. The van der Waals surface area contributed by atoms with Crippen LogP contribution in [0.3, 0.4) is 0 Å². The maximum Gasteiger partial charge on any atom is 0.240 e. The molecular weight excluding hydrogens is 360 g/mol. The van der Waals surface area contributed by atoms with Crippen molar-refractivity contribution in [2.24, 2.45) is 5.10 Å². The zero-order valence-electron chi connectivity index (χ0n) is 16.7. The van der Waals surface area contributed by atoms with E-state index < -0.39 is 0 Å². The van der Waals surface area contributed by atoms with Gasteiger partial charge in [0, 0.05) is 24.5 Å². The van der Waals surface area contributed by atoms with E-state index in [4.69, 9.17) is 18.9 Å². The molecule has 0 saturated carbocycles. The molecule has 1 unspecified atom stereocenters. The average Bonchev–Trinajstić information content (AvgIpc) is 3.18. The highest BCUT2D eigenvalue weighted by molar-refractivity contribution is 6.03. The van der Waals surface area contributed by atoms with Gasteiger partial charge in [0.1, 0.15) is 0 Å². The third-order valence-electron chi connectivity index (χ3n) is 4.74. The van der Waals surface area contributed by atoms with Crippen LogP contribution in [0.4, 0.5) is 0 Å². The highest BCUT2D eigenvalue weighted by Crippen LogP contribution is 2.42. The van der Waals surface area contributed by atoms with Gasteiger partial charge in [0.2, 0.25) is 5.91 Å². The largest absolute Gasteiger partial charge is 0.493 e. The summed E-state index contributed by atoms with van der Waals surface area (Å²) in [6.45, 7) is 1.50. The van der Waals surface area contributed by atoms with E-state index in [2.05, 4.69) is 5.10 Å². The summed E-state index contributed by atoms with van der Waals surface area (Å²) in [5.41, 5.74) is 2.50. The molecule has 2 aromatic carbocycles. The van der Waals surface area contributed by atoms with E-state index in [0.717, 1.165) is 16.8 Å². The van der Waals surface area contributed by atoms with Crippen molar-refractivity contribution in [3.8, 4) is 23.0 Å². The fourth-order valence-electron chi connectivity index (χ4n) is 3.41. The fourth-order valence-corrected chi connectivity index (χ4v) is 3.41. The lowest BCUT2D eigenvalue weighted by Gasteiger charge is -2.23. The second-order valence-electron chi connectivity index (χ2n) is 6.28. The predicted molar refractivity (Wildman–Crippen MR) is 106 cm³/mol. The Balaban J connectivity index is 2.01. The zero-order valence-corrected chi connectivity index (χ0v) is 16.7. The second-order valence-corrected chi connectivity index (χ2v) is 6.28. The number of para-hydroxylation sites is 1. The van der Waals surface area contributed by atoms with Crippen LogP contribution in [0.15, 0.2) is 41.5 Å². The number of amides is 1. The fraction of sp³-hybridized carbons (Fsp3) is 0.333. The van der Waals surface area contributed by atoms with Gasteiger partial charge in [0.05, 0.1) is 40.2 Å². The number of hydrogen-bond acceptors (Lipinski definition) is 6. The van der Waals surface area contributed by atoms with Crippen LogP contribution in [0, 0.1) is 0 Å². The van der Waals surface area contributed by atoms with Gasteiger partial charge in [-0.25, -0.2) is 5.01 Å². The summed E-state index contributed by atoms with van der Waals surface area (Å²) >= 11 is 0. The molecule has 1 atom stereocenters. The van der Waals surface area contributed by atoms with E-state index in [1.807, 2.05) is 36.4 Å². The molecule has 1 aliphatic rings. The van der Waals surface area contributed by atoms with Crippen LogP contribution < -0.4 is 18.9 Å². The summed E-state index contributed by atoms with van der Waals surface area (Å²) in [6, 6.07) is 10.9. The van der Waals surface area contributed by atoms with Crippen molar-refractivity contribution in [1.29, 1.82) is 0 Å². The molecule has 0 aliphatic carbocycles. The molecular formula is C21H24N2O5. The van der Waals surface area contributed by atoms with Crippen molar-refractivity contribution in [3.63, 3.8) is 0 Å². The van der Waals surface area contributed by atoms with E-state index >= 15 is 0 Å². The van der Waals surface area contributed by atoms with Crippen LogP contribution in [0.25, 0.3) is 0 Å². The minimum Gasteiger partial charge on any atom is -0.493 e. The topological polar surface area (TPSA) is 69.6 Å². The molecule has 7 heteroatoms. The lowest BCUT2D eigenvalue weighted by molar-refractivity contribution is -0.130. The standard InChI is InChI=1S/C21H24N2O5/c1-13(24)23-17(15-7-6-8-19(26-3)21(15)28-5)12-16(22-23)14-9-10-18(25-2)20(11-14)27-4/h6-11,17H,12H2,1-5H3. The van der Waals surface area contributed by atoms with Crippen molar-refractivity contribution < 1.29 is 23.7 Å².